The number of aryl methyl sites for hydroxylation is 2. The molecular weight excluding hydrogens is 314 g/mol. The molecule has 1 fully saturated rings. The van der Waals surface area contributed by atoms with Crippen LogP contribution in [0.15, 0.2) is 36.4 Å². The number of hydrogen-bond donors (Lipinski definition) is 2. The number of nitrogens with zero attached hydrogens (tertiary/aromatic N) is 1. The molecule has 5 heteroatoms. The van der Waals surface area contributed by atoms with Crippen LogP contribution < -0.4 is 5.32 Å². The van der Waals surface area contributed by atoms with Gasteiger partial charge in [-0.25, -0.2) is 0 Å². The average Bonchev–Trinajstić information content (AvgIpc) is 2.98. The van der Waals surface area contributed by atoms with E-state index in [1.54, 1.807) is 4.90 Å². The summed E-state index contributed by atoms with van der Waals surface area (Å²) in [5, 5.41) is 3.00. The maximum absolute atomic E-state index is 12.7. The molecule has 5 nitrogen and oxygen atoms in total. The van der Waals surface area contributed by atoms with Crippen molar-refractivity contribution in [3.05, 3.63) is 58.9 Å². The van der Waals surface area contributed by atoms with Gasteiger partial charge in [0.25, 0.3) is 5.91 Å². The van der Waals surface area contributed by atoms with Crippen molar-refractivity contribution < 1.29 is 9.59 Å². The van der Waals surface area contributed by atoms with E-state index < -0.39 is 0 Å². The van der Waals surface area contributed by atoms with Crippen LogP contribution in [0.1, 0.15) is 40.2 Å². The molecule has 1 atom stereocenters. The van der Waals surface area contributed by atoms with Gasteiger partial charge in [0.05, 0.1) is 5.92 Å². The fourth-order valence-corrected chi connectivity index (χ4v) is 3.41. The molecule has 25 heavy (non-hydrogen) atoms. The van der Waals surface area contributed by atoms with Gasteiger partial charge in [-0.15, -0.1) is 0 Å². The summed E-state index contributed by atoms with van der Waals surface area (Å²) < 4.78 is 0. The van der Waals surface area contributed by atoms with E-state index in [0.717, 1.165) is 29.7 Å². The summed E-state index contributed by atoms with van der Waals surface area (Å²) in [6.45, 7) is 5.60. The van der Waals surface area contributed by atoms with Gasteiger partial charge >= 0.3 is 0 Å². The van der Waals surface area contributed by atoms with Crippen LogP contribution >= 0.6 is 0 Å². The van der Waals surface area contributed by atoms with E-state index in [0.29, 0.717) is 25.3 Å². The molecule has 1 aromatic heterocycles. The van der Waals surface area contributed by atoms with E-state index in [1.165, 1.54) is 0 Å². The van der Waals surface area contributed by atoms with Crippen LogP contribution in [0.4, 0.5) is 0 Å². The van der Waals surface area contributed by atoms with Gasteiger partial charge in [-0.1, -0.05) is 30.3 Å². The van der Waals surface area contributed by atoms with Crippen LogP contribution in [-0.2, 0) is 11.3 Å². The lowest BCUT2D eigenvalue weighted by atomic mass is 9.96. The van der Waals surface area contributed by atoms with Crippen molar-refractivity contribution in [2.24, 2.45) is 5.92 Å². The first kappa shape index (κ1) is 17.3. The first-order valence-corrected chi connectivity index (χ1v) is 8.81. The van der Waals surface area contributed by atoms with Crippen LogP contribution in [0.25, 0.3) is 0 Å². The smallest absolute Gasteiger partial charge is 0.270 e. The highest BCUT2D eigenvalue weighted by Gasteiger charge is 2.29. The summed E-state index contributed by atoms with van der Waals surface area (Å²) in [6.07, 6.45) is 1.68. The van der Waals surface area contributed by atoms with Crippen LogP contribution in [-0.4, -0.2) is 34.8 Å². The highest BCUT2D eigenvalue weighted by molar-refractivity contribution is 5.94. The number of hydrogen-bond acceptors (Lipinski definition) is 2. The van der Waals surface area contributed by atoms with Crippen molar-refractivity contribution in [1.29, 1.82) is 0 Å². The van der Waals surface area contributed by atoms with Crippen molar-refractivity contribution >= 4 is 11.8 Å². The van der Waals surface area contributed by atoms with Gasteiger partial charge in [0.2, 0.25) is 5.91 Å². The number of rotatable bonds is 4. The molecule has 2 aromatic rings. The zero-order chi connectivity index (χ0) is 17.8. The number of aromatic nitrogens is 1. The van der Waals surface area contributed by atoms with E-state index in [2.05, 4.69) is 10.3 Å². The second-order valence-corrected chi connectivity index (χ2v) is 6.80. The molecule has 2 N–H and O–H groups in total. The maximum Gasteiger partial charge on any atom is 0.270 e. The number of aromatic amines is 1. The third-order valence-corrected chi connectivity index (χ3v) is 4.75. The second-order valence-electron chi connectivity index (χ2n) is 6.80. The molecule has 1 aliphatic heterocycles. The first-order valence-electron chi connectivity index (χ1n) is 8.81. The summed E-state index contributed by atoms with van der Waals surface area (Å²) in [4.78, 5) is 30.2. The number of carbonyl (C=O) groups is 2. The summed E-state index contributed by atoms with van der Waals surface area (Å²) in [5.74, 6) is -0.121. The molecule has 1 saturated heterocycles. The molecule has 1 aromatic carbocycles. The van der Waals surface area contributed by atoms with Crippen LogP contribution in [0.3, 0.4) is 0 Å². The standard InChI is InChI=1S/C20H25N3O2/c1-14-11-15(2)22-18(14)20(25)23-10-6-9-17(13-23)19(24)21-12-16-7-4-3-5-8-16/h3-5,7-8,11,17,22H,6,9-10,12-13H2,1-2H3,(H,21,24)/t17-/m1/s1. The molecule has 0 spiro atoms. The Balaban J connectivity index is 1.59. The minimum Gasteiger partial charge on any atom is -0.354 e. The highest BCUT2D eigenvalue weighted by Crippen LogP contribution is 2.20. The van der Waals surface area contributed by atoms with E-state index >= 15 is 0 Å². The van der Waals surface area contributed by atoms with Gasteiger partial charge < -0.3 is 15.2 Å². The monoisotopic (exact) mass is 339 g/mol. The van der Waals surface area contributed by atoms with E-state index in [4.69, 9.17) is 0 Å². The van der Waals surface area contributed by atoms with Crippen molar-refractivity contribution in [2.75, 3.05) is 13.1 Å². The Kier molecular flexibility index (Phi) is 5.22. The number of H-pyrrole nitrogens is 1. The predicted octanol–water partition coefficient (Wildman–Crippen LogP) is 2.80. The van der Waals surface area contributed by atoms with Crippen molar-refractivity contribution in [3.63, 3.8) is 0 Å². The fraction of sp³-hybridized carbons (Fsp3) is 0.400. The number of carbonyl (C=O) groups excluding carboxylic acids is 2. The lowest BCUT2D eigenvalue weighted by molar-refractivity contribution is -0.126. The number of piperidine rings is 1. The third-order valence-electron chi connectivity index (χ3n) is 4.75. The molecule has 0 radical (unpaired) electrons. The molecular formula is C20H25N3O2. The summed E-state index contributed by atoms with van der Waals surface area (Å²) in [6, 6.07) is 11.8. The van der Waals surface area contributed by atoms with Gasteiger partial charge in [-0.05, 0) is 43.9 Å². The van der Waals surface area contributed by atoms with Gasteiger partial charge in [0.1, 0.15) is 5.69 Å². The largest absolute Gasteiger partial charge is 0.354 e. The van der Waals surface area contributed by atoms with Gasteiger partial charge in [-0.2, -0.15) is 0 Å². The number of likely N-dealkylation sites (tertiary alicyclic amines) is 1. The minimum atomic E-state index is -0.141. The van der Waals surface area contributed by atoms with Crippen LogP contribution in [0.5, 0.6) is 0 Å². The van der Waals surface area contributed by atoms with Gasteiger partial charge in [0, 0.05) is 25.3 Å². The SMILES string of the molecule is Cc1cc(C)c(C(=O)N2CCC[C@@H](C(=O)NCc3ccccc3)C2)[nH]1. The Bertz CT molecular complexity index is 752. The molecule has 3 rings (SSSR count). The molecule has 132 valence electrons. The van der Waals surface area contributed by atoms with E-state index in [1.807, 2.05) is 50.2 Å². The van der Waals surface area contributed by atoms with Gasteiger partial charge in [-0.3, -0.25) is 9.59 Å². The zero-order valence-corrected chi connectivity index (χ0v) is 14.8. The van der Waals surface area contributed by atoms with Crippen LogP contribution in [0.2, 0.25) is 0 Å². The van der Waals surface area contributed by atoms with Crippen molar-refractivity contribution in [3.8, 4) is 0 Å². The Morgan fingerprint density at radius 2 is 2.00 bits per heavy atom. The third kappa shape index (κ3) is 4.10. The fourth-order valence-electron chi connectivity index (χ4n) is 3.41. The summed E-state index contributed by atoms with van der Waals surface area (Å²) >= 11 is 0. The first-order chi connectivity index (χ1) is 12.0. The average molecular weight is 339 g/mol. The normalized spacial score (nSPS) is 17.4. The number of amides is 2. The molecule has 0 saturated carbocycles. The van der Waals surface area contributed by atoms with E-state index in [9.17, 15) is 9.59 Å². The van der Waals surface area contributed by atoms with E-state index in [-0.39, 0.29) is 17.7 Å². The Labute approximate surface area is 148 Å². The topological polar surface area (TPSA) is 65.2 Å². The molecule has 2 heterocycles. The maximum atomic E-state index is 12.7. The Hall–Kier alpha value is -2.56. The molecule has 2 amide bonds. The lowest BCUT2D eigenvalue weighted by Crippen LogP contribution is -2.45. The molecule has 0 unspecified atom stereocenters. The second kappa shape index (κ2) is 7.55. The summed E-state index contributed by atoms with van der Waals surface area (Å²) in [5.41, 5.74) is 3.66. The lowest BCUT2D eigenvalue weighted by Gasteiger charge is -2.32. The Morgan fingerprint density at radius 3 is 2.68 bits per heavy atom. The predicted molar refractivity (Wildman–Crippen MR) is 97.2 cm³/mol. The zero-order valence-electron chi connectivity index (χ0n) is 14.8. The van der Waals surface area contributed by atoms with Crippen molar-refractivity contribution in [1.82, 2.24) is 15.2 Å². The quantitative estimate of drug-likeness (QED) is 0.899. The molecule has 1 aliphatic rings. The molecule has 0 aliphatic carbocycles. The van der Waals surface area contributed by atoms with Crippen LogP contribution in [0, 0.1) is 19.8 Å². The highest BCUT2D eigenvalue weighted by atomic mass is 16.2. The molecule has 0 bridgehead atoms. The number of nitrogens with one attached hydrogen (secondary N) is 2. The Morgan fingerprint density at radius 1 is 1.24 bits per heavy atom. The van der Waals surface area contributed by atoms with Crippen molar-refractivity contribution in [2.45, 2.75) is 33.2 Å². The number of benzene rings is 1. The minimum absolute atomic E-state index is 0.00819. The van der Waals surface area contributed by atoms with Gasteiger partial charge in [0.15, 0.2) is 0 Å². The summed E-state index contributed by atoms with van der Waals surface area (Å²) in [7, 11) is 0.